The first-order valence-electron chi connectivity index (χ1n) is 9.84. The Morgan fingerprint density at radius 1 is 1.13 bits per heavy atom. The molecule has 4 bridgehead atoms. The van der Waals surface area contributed by atoms with E-state index in [1.165, 1.54) is 44.9 Å². The molecule has 0 aromatic rings. The summed E-state index contributed by atoms with van der Waals surface area (Å²) in [6, 6.07) is 0.653. The molecule has 4 saturated carbocycles. The fraction of sp³-hybridized carbons (Fsp3) is 1.00. The summed E-state index contributed by atoms with van der Waals surface area (Å²) in [5.41, 5.74) is 0.506. The Kier molecular flexibility index (Phi) is 4.99. The Hall–Kier alpha value is 0.620. The molecule has 5 fully saturated rings. The maximum Gasteiger partial charge on any atom is 0.0664 e. The minimum absolute atomic E-state index is 0.506. The predicted molar refractivity (Wildman–Crippen MR) is 104 cm³/mol. The van der Waals surface area contributed by atoms with Gasteiger partial charge < -0.3 is 10.6 Å². The minimum atomic E-state index is 0.506. The lowest BCUT2D eigenvalue weighted by Crippen LogP contribution is -2.60. The zero-order valence-corrected chi connectivity index (χ0v) is 16.5. The molecule has 4 aliphatic carbocycles. The highest BCUT2D eigenvalue weighted by molar-refractivity contribution is 8.00. The Balaban J connectivity index is 1.34. The van der Waals surface area contributed by atoms with Gasteiger partial charge >= 0.3 is 0 Å². The first kappa shape index (κ1) is 17.1. The first-order chi connectivity index (χ1) is 11.1. The van der Waals surface area contributed by atoms with E-state index >= 15 is 0 Å². The largest absolute Gasteiger partial charge is 0.309 e. The SMILES string of the molecule is CC(C)C1SC(CNC23CC4CC(CC(C4)C2)C3)NC1CCS. The van der Waals surface area contributed by atoms with E-state index in [4.69, 9.17) is 0 Å². The molecule has 0 spiro atoms. The van der Waals surface area contributed by atoms with Crippen LogP contribution in [0.25, 0.3) is 0 Å². The van der Waals surface area contributed by atoms with Crippen molar-refractivity contribution >= 4 is 24.4 Å². The lowest BCUT2D eigenvalue weighted by molar-refractivity contribution is -0.0196. The van der Waals surface area contributed by atoms with Crippen LogP contribution in [0.15, 0.2) is 0 Å². The summed E-state index contributed by atoms with van der Waals surface area (Å²) in [6.07, 6.45) is 10.2. The molecule has 0 radical (unpaired) electrons. The van der Waals surface area contributed by atoms with Gasteiger partial charge in [-0.15, -0.1) is 11.8 Å². The van der Waals surface area contributed by atoms with E-state index < -0.39 is 0 Å². The van der Waals surface area contributed by atoms with Gasteiger partial charge in [0.25, 0.3) is 0 Å². The topological polar surface area (TPSA) is 24.1 Å². The number of hydrogen-bond acceptors (Lipinski definition) is 4. The highest BCUT2D eigenvalue weighted by Crippen LogP contribution is 2.55. The zero-order valence-electron chi connectivity index (χ0n) is 14.8. The van der Waals surface area contributed by atoms with Gasteiger partial charge in [0.2, 0.25) is 0 Å². The monoisotopic (exact) mass is 354 g/mol. The number of thioether (sulfide) groups is 1. The number of rotatable bonds is 6. The van der Waals surface area contributed by atoms with Crippen LogP contribution < -0.4 is 10.6 Å². The molecule has 5 rings (SSSR count). The molecule has 1 aliphatic heterocycles. The van der Waals surface area contributed by atoms with E-state index in [1.54, 1.807) is 0 Å². The molecule has 3 atom stereocenters. The molecule has 5 aliphatic rings. The van der Waals surface area contributed by atoms with Gasteiger partial charge in [-0.1, -0.05) is 13.8 Å². The van der Waals surface area contributed by atoms with Crippen LogP contribution in [0, 0.1) is 23.7 Å². The summed E-state index contributed by atoms with van der Waals surface area (Å²) in [7, 11) is 0. The minimum Gasteiger partial charge on any atom is -0.309 e. The summed E-state index contributed by atoms with van der Waals surface area (Å²) in [6.45, 7) is 5.91. The van der Waals surface area contributed by atoms with Crippen LogP contribution in [0.5, 0.6) is 0 Å². The van der Waals surface area contributed by atoms with E-state index in [1.807, 2.05) is 0 Å². The Morgan fingerprint density at radius 2 is 1.74 bits per heavy atom. The Labute approximate surface area is 152 Å². The molecule has 23 heavy (non-hydrogen) atoms. The van der Waals surface area contributed by atoms with Crippen molar-refractivity contribution in [2.45, 2.75) is 81.0 Å². The van der Waals surface area contributed by atoms with Crippen LogP contribution in [-0.4, -0.2) is 34.5 Å². The molecule has 1 saturated heterocycles. The summed E-state index contributed by atoms with van der Waals surface area (Å²) < 4.78 is 0. The van der Waals surface area contributed by atoms with Gasteiger partial charge in [0, 0.05) is 23.4 Å². The van der Waals surface area contributed by atoms with Crippen LogP contribution in [0.3, 0.4) is 0 Å². The van der Waals surface area contributed by atoms with E-state index in [2.05, 4.69) is 48.9 Å². The standard InChI is InChI=1S/C19H34N2S2/c1-12(2)18-16(3-4-22)21-17(23-18)11-20-19-8-13-5-14(9-19)7-15(6-13)10-19/h12-18,20-22H,3-11H2,1-2H3. The number of nitrogens with one attached hydrogen (secondary N) is 2. The quantitative estimate of drug-likeness (QED) is 0.630. The van der Waals surface area contributed by atoms with Gasteiger partial charge in [-0.3, -0.25) is 0 Å². The molecular weight excluding hydrogens is 320 g/mol. The number of thiol groups is 1. The molecule has 2 N–H and O–H groups in total. The molecule has 132 valence electrons. The summed E-state index contributed by atoms with van der Waals surface area (Å²) in [5.74, 6) is 4.87. The van der Waals surface area contributed by atoms with Gasteiger partial charge in [-0.05, 0) is 74.4 Å². The highest BCUT2D eigenvalue weighted by Gasteiger charge is 2.51. The van der Waals surface area contributed by atoms with Crippen molar-refractivity contribution < 1.29 is 0 Å². The summed E-state index contributed by atoms with van der Waals surface area (Å²) in [4.78, 5) is 0. The maximum absolute atomic E-state index is 4.47. The van der Waals surface area contributed by atoms with Crippen molar-refractivity contribution in [1.29, 1.82) is 0 Å². The van der Waals surface area contributed by atoms with Crippen LogP contribution in [0.2, 0.25) is 0 Å². The molecule has 1 heterocycles. The molecule has 4 heteroatoms. The lowest BCUT2D eigenvalue weighted by Gasteiger charge is -2.57. The summed E-state index contributed by atoms with van der Waals surface area (Å²) >= 11 is 6.65. The average molecular weight is 355 g/mol. The van der Waals surface area contributed by atoms with E-state index in [9.17, 15) is 0 Å². The van der Waals surface area contributed by atoms with Crippen molar-refractivity contribution in [3.05, 3.63) is 0 Å². The molecule has 0 aromatic heterocycles. The third kappa shape index (κ3) is 3.47. The second kappa shape index (κ2) is 6.74. The van der Waals surface area contributed by atoms with Gasteiger partial charge in [0.15, 0.2) is 0 Å². The maximum atomic E-state index is 4.47. The van der Waals surface area contributed by atoms with Crippen LogP contribution in [-0.2, 0) is 0 Å². The van der Waals surface area contributed by atoms with Crippen molar-refractivity contribution in [1.82, 2.24) is 10.6 Å². The van der Waals surface area contributed by atoms with Crippen molar-refractivity contribution in [2.24, 2.45) is 23.7 Å². The van der Waals surface area contributed by atoms with E-state index in [0.717, 1.165) is 41.2 Å². The Morgan fingerprint density at radius 3 is 2.26 bits per heavy atom. The van der Waals surface area contributed by atoms with Crippen molar-refractivity contribution in [3.63, 3.8) is 0 Å². The number of hydrogen-bond donors (Lipinski definition) is 3. The van der Waals surface area contributed by atoms with Gasteiger partial charge in [0.1, 0.15) is 0 Å². The van der Waals surface area contributed by atoms with Crippen LogP contribution >= 0.6 is 24.4 Å². The third-order valence-corrected chi connectivity index (χ3v) is 8.99. The fourth-order valence-electron chi connectivity index (χ4n) is 6.41. The molecule has 3 unspecified atom stereocenters. The smallest absolute Gasteiger partial charge is 0.0664 e. The van der Waals surface area contributed by atoms with Gasteiger partial charge in [0.05, 0.1) is 5.37 Å². The van der Waals surface area contributed by atoms with Gasteiger partial charge in [-0.25, -0.2) is 0 Å². The van der Waals surface area contributed by atoms with Gasteiger partial charge in [-0.2, -0.15) is 12.6 Å². The van der Waals surface area contributed by atoms with E-state index in [0.29, 0.717) is 17.0 Å². The zero-order chi connectivity index (χ0) is 16.0. The van der Waals surface area contributed by atoms with Crippen LogP contribution in [0.4, 0.5) is 0 Å². The predicted octanol–water partition coefficient (Wildman–Crippen LogP) is 3.92. The van der Waals surface area contributed by atoms with Crippen LogP contribution in [0.1, 0.15) is 58.8 Å². The second-order valence-corrected chi connectivity index (χ2v) is 11.0. The normalized spacial score (nSPS) is 48.5. The third-order valence-electron chi connectivity index (χ3n) is 6.92. The molecule has 2 nitrogen and oxygen atoms in total. The fourth-order valence-corrected chi connectivity index (χ4v) is 8.22. The average Bonchev–Trinajstić information content (AvgIpc) is 2.88. The molecule has 0 amide bonds. The Bertz CT molecular complexity index is 390. The van der Waals surface area contributed by atoms with Crippen molar-refractivity contribution in [2.75, 3.05) is 12.3 Å². The highest BCUT2D eigenvalue weighted by atomic mass is 32.2. The first-order valence-corrected chi connectivity index (χ1v) is 11.4. The lowest BCUT2D eigenvalue weighted by atomic mass is 9.53. The second-order valence-electron chi connectivity index (χ2n) is 9.20. The van der Waals surface area contributed by atoms with Crippen molar-refractivity contribution in [3.8, 4) is 0 Å². The van der Waals surface area contributed by atoms with E-state index in [-0.39, 0.29) is 0 Å². The summed E-state index contributed by atoms with van der Waals surface area (Å²) in [5, 5.41) is 9.35. The molecular formula is C19H34N2S2. The molecule has 0 aromatic carbocycles.